The smallest absolute Gasteiger partial charge is 0.417 e. The van der Waals surface area contributed by atoms with Crippen LogP contribution in [-0.2, 0) is 21.0 Å². The standard InChI is InChI=1S/C19H21F3N2O6S/c1-11(24-31(26,27)16-8-6-5-7-13(16)19(20,21)22)18(25)23-12-9-14(28-2)17(30-4)15(10-12)29-3/h5-11,24H,1-4H3,(H,23,25)/t11-/m0/s1. The summed E-state index contributed by atoms with van der Waals surface area (Å²) in [5, 5.41) is 2.46. The number of hydrogen-bond acceptors (Lipinski definition) is 6. The van der Waals surface area contributed by atoms with Crippen molar-refractivity contribution in [2.45, 2.75) is 24.0 Å². The van der Waals surface area contributed by atoms with Crippen LogP contribution in [0.4, 0.5) is 18.9 Å². The van der Waals surface area contributed by atoms with E-state index in [1.165, 1.54) is 40.4 Å². The molecule has 12 heteroatoms. The number of carbonyl (C=O) groups is 1. The summed E-state index contributed by atoms with van der Waals surface area (Å²) in [4.78, 5) is 11.5. The lowest BCUT2D eigenvalue weighted by atomic mass is 10.2. The Bertz CT molecular complexity index is 1030. The molecule has 2 aromatic carbocycles. The first kappa shape index (κ1) is 24.3. The number of anilines is 1. The summed E-state index contributed by atoms with van der Waals surface area (Å²) in [7, 11) is -0.505. The summed E-state index contributed by atoms with van der Waals surface area (Å²) in [6.45, 7) is 1.20. The highest BCUT2D eigenvalue weighted by Gasteiger charge is 2.37. The summed E-state index contributed by atoms with van der Waals surface area (Å²) in [6, 6.07) is 5.13. The van der Waals surface area contributed by atoms with E-state index in [0.29, 0.717) is 6.07 Å². The van der Waals surface area contributed by atoms with Gasteiger partial charge < -0.3 is 19.5 Å². The average Bonchev–Trinajstić information content (AvgIpc) is 2.71. The molecular weight excluding hydrogens is 441 g/mol. The van der Waals surface area contributed by atoms with Gasteiger partial charge in [0, 0.05) is 17.8 Å². The van der Waals surface area contributed by atoms with Gasteiger partial charge in [-0.25, -0.2) is 8.42 Å². The number of halogens is 3. The van der Waals surface area contributed by atoms with Crippen LogP contribution in [0.2, 0.25) is 0 Å². The van der Waals surface area contributed by atoms with Crippen molar-refractivity contribution in [3.63, 3.8) is 0 Å². The molecule has 0 radical (unpaired) electrons. The quantitative estimate of drug-likeness (QED) is 0.625. The average molecular weight is 462 g/mol. The van der Waals surface area contributed by atoms with Crippen LogP contribution in [0.1, 0.15) is 12.5 Å². The lowest BCUT2D eigenvalue weighted by Crippen LogP contribution is -2.42. The van der Waals surface area contributed by atoms with Crippen molar-refractivity contribution >= 4 is 21.6 Å². The van der Waals surface area contributed by atoms with E-state index < -0.39 is 38.6 Å². The van der Waals surface area contributed by atoms with Crippen LogP contribution in [0.5, 0.6) is 17.2 Å². The monoisotopic (exact) mass is 462 g/mol. The van der Waals surface area contributed by atoms with Crippen molar-refractivity contribution in [2.24, 2.45) is 0 Å². The van der Waals surface area contributed by atoms with Gasteiger partial charge in [-0.1, -0.05) is 12.1 Å². The van der Waals surface area contributed by atoms with Crippen molar-refractivity contribution in [3.8, 4) is 17.2 Å². The molecule has 8 nitrogen and oxygen atoms in total. The molecule has 0 fully saturated rings. The SMILES string of the molecule is COc1cc(NC(=O)[C@H](C)NS(=O)(=O)c2ccccc2C(F)(F)F)cc(OC)c1OC. The van der Waals surface area contributed by atoms with Gasteiger partial charge in [0.1, 0.15) is 0 Å². The molecule has 0 aliphatic carbocycles. The molecule has 0 unspecified atom stereocenters. The second-order valence-corrected chi connectivity index (χ2v) is 7.92. The van der Waals surface area contributed by atoms with Crippen LogP contribution < -0.4 is 24.2 Å². The largest absolute Gasteiger partial charge is 0.493 e. The van der Waals surface area contributed by atoms with Gasteiger partial charge in [0.15, 0.2) is 11.5 Å². The Morgan fingerprint density at radius 3 is 2.03 bits per heavy atom. The molecular formula is C19H21F3N2O6S. The summed E-state index contributed by atoms with van der Waals surface area (Å²) in [5.74, 6) is -0.0585. The Kier molecular flexibility index (Phi) is 7.39. The molecule has 170 valence electrons. The van der Waals surface area contributed by atoms with E-state index in [2.05, 4.69) is 5.32 Å². The molecule has 0 heterocycles. The fraction of sp³-hybridized carbons (Fsp3) is 0.316. The maximum absolute atomic E-state index is 13.2. The third-order valence-corrected chi connectivity index (χ3v) is 5.74. The molecule has 2 N–H and O–H groups in total. The molecule has 2 rings (SSSR count). The van der Waals surface area contributed by atoms with Crippen LogP contribution in [0, 0.1) is 0 Å². The molecule has 0 aromatic heterocycles. The van der Waals surface area contributed by atoms with Crippen molar-refractivity contribution < 1.29 is 40.6 Å². The number of benzene rings is 2. The lowest BCUT2D eigenvalue weighted by Gasteiger charge is -2.18. The van der Waals surface area contributed by atoms with Crippen LogP contribution in [0.3, 0.4) is 0 Å². The van der Waals surface area contributed by atoms with Crippen molar-refractivity contribution in [1.29, 1.82) is 0 Å². The Labute approximate surface area is 177 Å². The zero-order valence-corrected chi connectivity index (χ0v) is 17.8. The number of ether oxygens (including phenoxy) is 3. The molecule has 0 aliphatic heterocycles. The maximum atomic E-state index is 13.2. The van der Waals surface area contributed by atoms with Crippen molar-refractivity contribution in [3.05, 3.63) is 42.0 Å². The molecule has 0 bridgehead atoms. The fourth-order valence-corrected chi connectivity index (χ4v) is 4.12. The van der Waals surface area contributed by atoms with Gasteiger partial charge in [-0.15, -0.1) is 0 Å². The minimum atomic E-state index is -4.88. The third-order valence-electron chi connectivity index (χ3n) is 4.14. The first-order valence-electron chi connectivity index (χ1n) is 8.74. The number of methoxy groups -OCH3 is 3. The Balaban J connectivity index is 2.26. The summed E-state index contributed by atoms with van der Waals surface area (Å²) in [5.41, 5.74) is -1.14. The van der Waals surface area contributed by atoms with Crippen LogP contribution in [0.25, 0.3) is 0 Å². The molecule has 31 heavy (non-hydrogen) atoms. The number of alkyl halides is 3. The molecule has 1 amide bonds. The molecule has 0 spiro atoms. The topological polar surface area (TPSA) is 103 Å². The second-order valence-electron chi connectivity index (χ2n) is 6.24. The van der Waals surface area contributed by atoms with Crippen LogP contribution >= 0.6 is 0 Å². The fourth-order valence-electron chi connectivity index (χ4n) is 2.69. The van der Waals surface area contributed by atoms with E-state index in [0.717, 1.165) is 18.2 Å². The number of hydrogen-bond donors (Lipinski definition) is 2. The van der Waals surface area contributed by atoms with E-state index in [9.17, 15) is 26.4 Å². The highest BCUT2D eigenvalue weighted by Crippen LogP contribution is 2.40. The highest BCUT2D eigenvalue weighted by atomic mass is 32.2. The van der Waals surface area contributed by atoms with Crippen LogP contribution in [-0.4, -0.2) is 41.7 Å². The summed E-state index contributed by atoms with van der Waals surface area (Å²) in [6.07, 6.45) is -4.88. The Morgan fingerprint density at radius 2 is 1.55 bits per heavy atom. The van der Waals surface area contributed by atoms with E-state index in [1.54, 1.807) is 0 Å². The predicted molar refractivity (Wildman–Crippen MR) is 106 cm³/mol. The van der Waals surface area contributed by atoms with Gasteiger partial charge in [0.25, 0.3) is 0 Å². The predicted octanol–water partition coefficient (Wildman–Crippen LogP) is 3.04. The van der Waals surface area contributed by atoms with Gasteiger partial charge in [0.05, 0.1) is 37.8 Å². The summed E-state index contributed by atoms with van der Waals surface area (Å²) < 4.78 is 82.0. The molecule has 0 saturated heterocycles. The lowest BCUT2D eigenvalue weighted by molar-refractivity contribution is -0.139. The Morgan fingerprint density at radius 1 is 1.00 bits per heavy atom. The van der Waals surface area contributed by atoms with Gasteiger partial charge in [-0.05, 0) is 19.1 Å². The molecule has 1 atom stereocenters. The van der Waals surface area contributed by atoms with Crippen molar-refractivity contribution in [1.82, 2.24) is 4.72 Å². The normalized spacial score (nSPS) is 12.7. The molecule has 0 aliphatic rings. The zero-order valence-electron chi connectivity index (χ0n) is 17.0. The number of sulfonamides is 1. The van der Waals surface area contributed by atoms with Crippen LogP contribution in [0.15, 0.2) is 41.3 Å². The van der Waals surface area contributed by atoms with E-state index in [-0.39, 0.29) is 22.9 Å². The molecule has 2 aromatic rings. The third kappa shape index (κ3) is 5.58. The minimum absolute atomic E-state index is 0.196. The van der Waals surface area contributed by atoms with Crippen molar-refractivity contribution in [2.75, 3.05) is 26.6 Å². The number of rotatable bonds is 8. The number of amides is 1. The van der Waals surface area contributed by atoms with Gasteiger partial charge in [-0.3, -0.25) is 4.79 Å². The highest BCUT2D eigenvalue weighted by molar-refractivity contribution is 7.89. The number of carbonyl (C=O) groups excluding carboxylic acids is 1. The number of nitrogens with one attached hydrogen (secondary N) is 2. The van der Waals surface area contributed by atoms with Gasteiger partial charge >= 0.3 is 6.18 Å². The van der Waals surface area contributed by atoms with Gasteiger partial charge in [-0.2, -0.15) is 17.9 Å². The van der Waals surface area contributed by atoms with E-state index in [4.69, 9.17) is 14.2 Å². The van der Waals surface area contributed by atoms with E-state index in [1.807, 2.05) is 4.72 Å². The first-order valence-corrected chi connectivity index (χ1v) is 10.2. The molecule has 0 saturated carbocycles. The first-order chi connectivity index (χ1) is 14.4. The Hall–Kier alpha value is -2.99. The second kappa shape index (κ2) is 9.43. The van der Waals surface area contributed by atoms with Gasteiger partial charge in [0.2, 0.25) is 21.7 Å². The minimum Gasteiger partial charge on any atom is -0.493 e. The van der Waals surface area contributed by atoms with E-state index >= 15 is 0 Å². The zero-order chi connectivity index (χ0) is 23.4. The maximum Gasteiger partial charge on any atom is 0.417 e. The summed E-state index contributed by atoms with van der Waals surface area (Å²) >= 11 is 0.